The van der Waals surface area contributed by atoms with Crippen molar-refractivity contribution in [2.75, 3.05) is 11.4 Å². The summed E-state index contributed by atoms with van der Waals surface area (Å²) >= 11 is 1.61. The molecule has 0 N–H and O–H groups in total. The smallest absolute Gasteiger partial charge is 0.200 e. The van der Waals surface area contributed by atoms with E-state index in [9.17, 15) is 0 Å². The Morgan fingerprint density at radius 2 is 1.94 bits per heavy atom. The topological polar surface area (TPSA) is 64.1 Å². The number of pyridine rings is 2. The van der Waals surface area contributed by atoms with Gasteiger partial charge in [0.25, 0.3) is 0 Å². The van der Waals surface area contributed by atoms with Crippen LogP contribution in [-0.2, 0) is 7.05 Å². The van der Waals surface area contributed by atoms with E-state index in [1.807, 2.05) is 46.7 Å². The molecule has 1 aliphatic rings. The molecule has 0 saturated carbocycles. The first-order valence-electron chi connectivity index (χ1n) is 11.2. The molecule has 0 unspecified atom stereocenters. The Hall–Kier alpha value is -3.39. The van der Waals surface area contributed by atoms with Gasteiger partial charge in [-0.1, -0.05) is 0 Å². The van der Waals surface area contributed by atoms with Crippen molar-refractivity contribution in [3.05, 3.63) is 61.1 Å². The lowest BCUT2D eigenvalue weighted by Gasteiger charge is -2.33. The van der Waals surface area contributed by atoms with E-state index in [0.29, 0.717) is 0 Å². The minimum Gasteiger partial charge on any atom is -0.365 e. The maximum atomic E-state index is 4.73. The van der Waals surface area contributed by atoms with Crippen LogP contribution in [0.15, 0.2) is 71.1 Å². The van der Waals surface area contributed by atoms with Crippen LogP contribution in [0, 0.1) is 0 Å². The Bertz CT molecular complexity index is 1480. The molecule has 0 atom stereocenters. The van der Waals surface area contributed by atoms with Crippen molar-refractivity contribution in [1.82, 2.24) is 29.4 Å². The van der Waals surface area contributed by atoms with Crippen molar-refractivity contribution < 1.29 is 0 Å². The van der Waals surface area contributed by atoms with Crippen molar-refractivity contribution in [3.8, 4) is 11.3 Å². The number of nitrogens with zero attached hydrogens (tertiary/aromatic N) is 7. The fourth-order valence-corrected chi connectivity index (χ4v) is 5.52. The van der Waals surface area contributed by atoms with Crippen molar-refractivity contribution in [3.63, 3.8) is 0 Å². The molecule has 0 amide bonds. The zero-order chi connectivity index (χ0) is 22.6. The molecule has 33 heavy (non-hydrogen) atoms. The first-order valence-corrected chi connectivity index (χ1v) is 12.0. The summed E-state index contributed by atoms with van der Waals surface area (Å²) < 4.78 is 3.84. The van der Waals surface area contributed by atoms with Crippen LogP contribution in [-0.4, -0.2) is 41.4 Å². The summed E-state index contributed by atoms with van der Waals surface area (Å²) in [6.45, 7) is 5.71. The highest BCUT2D eigenvalue weighted by atomic mass is 32.2. The normalized spacial score (nSPS) is 15.7. The number of rotatable bonds is 4. The van der Waals surface area contributed by atoms with Crippen LogP contribution < -0.4 is 4.90 Å². The predicted molar refractivity (Wildman–Crippen MR) is 132 cm³/mol. The van der Waals surface area contributed by atoms with Crippen molar-refractivity contribution >= 4 is 34.0 Å². The van der Waals surface area contributed by atoms with E-state index in [-0.39, 0.29) is 5.54 Å². The summed E-state index contributed by atoms with van der Waals surface area (Å²) in [4.78, 5) is 8.32. The first-order chi connectivity index (χ1) is 16.0. The minimum atomic E-state index is 0.174. The second kappa shape index (κ2) is 7.59. The quantitative estimate of drug-likeness (QED) is 0.371. The fourth-order valence-electron chi connectivity index (χ4n) is 4.66. The van der Waals surface area contributed by atoms with Crippen molar-refractivity contribution in [2.24, 2.45) is 7.05 Å². The molecule has 5 heterocycles. The highest BCUT2D eigenvalue weighted by molar-refractivity contribution is 7.99. The van der Waals surface area contributed by atoms with Gasteiger partial charge in [0.05, 0.1) is 23.1 Å². The summed E-state index contributed by atoms with van der Waals surface area (Å²) in [7, 11) is 1.92. The van der Waals surface area contributed by atoms with E-state index in [0.717, 1.165) is 44.4 Å². The Morgan fingerprint density at radius 1 is 1.03 bits per heavy atom. The average Bonchev–Trinajstić information content (AvgIpc) is 3.51. The van der Waals surface area contributed by atoms with E-state index < -0.39 is 0 Å². The van der Waals surface area contributed by atoms with Gasteiger partial charge in [0, 0.05) is 47.4 Å². The van der Waals surface area contributed by atoms with Gasteiger partial charge in [-0.05, 0) is 80.9 Å². The van der Waals surface area contributed by atoms with Crippen LogP contribution in [0.1, 0.15) is 26.7 Å². The number of benzene rings is 1. The van der Waals surface area contributed by atoms with E-state index in [2.05, 4.69) is 64.5 Å². The van der Waals surface area contributed by atoms with Gasteiger partial charge < -0.3 is 4.90 Å². The summed E-state index contributed by atoms with van der Waals surface area (Å²) in [6.07, 6.45) is 8.44. The molecular formula is C25H25N7S. The molecule has 6 rings (SSSR count). The van der Waals surface area contributed by atoms with Crippen LogP contribution in [0.2, 0.25) is 0 Å². The Labute approximate surface area is 196 Å². The zero-order valence-electron chi connectivity index (χ0n) is 18.9. The molecule has 1 saturated heterocycles. The van der Waals surface area contributed by atoms with Gasteiger partial charge in [-0.2, -0.15) is 5.10 Å². The van der Waals surface area contributed by atoms with Crippen molar-refractivity contribution in [2.45, 2.75) is 42.3 Å². The molecule has 0 bridgehead atoms. The number of fused-ring (bicyclic) bond motifs is 2. The summed E-state index contributed by atoms with van der Waals surface area (Å²) in [5.74, 6) is 0. The maximum absolute atomic E-state index is 4.73. The molecule has 5 aromatic rings. The second-order valence-corrected chi connectivity index (χ2v) is 10.3. The van der Waals surface area contributed by atoms with E-state index >= 15 is 0 Å². The summed E-state index contributed by atoms with van der Waals surface area (Å²) in [5, 5.41) is 15.3. The number of aromatic nitrogens is 6. The molecule has 0 spiro atoms. The van der Waals surface area contributed by atoms with Gasteiger partial charge in [-0.3, -0.25) is 14.1 Å². The van der Waals surface area contributed by atoms with E-state index in [1.165, 1.54) is 18.5 Å². The van der Waals surface area contributed by atoms with Crippen molar-refractivity contribution in [1.29, 1.82) is 0 Å². The zero-order valence-corrected chi connectivity index (χ0v) is 19.8. The van der Waals surface area contributed by atoms with Gasteiger partial charge in [-0.25, -0.2) is 0 Å². The standard InChI is InChI=1S/C25H25N7S/c1-25(2)10-4-11-32(25)19-13-18-14-20(6-7-21(18)26-15-19)33-24-28-27-23-8-5-17(16-31(23)24)22-9-12-30(3)29-22/h5-9,12-16H,4,10-11H2,1-3H3. The SMILES string of the molecule is Cn1ccc(-c2ccc3nnc(Sc4ccc5ncc(N6CCCC6(C)C)cc5c4)n3c2)n1. The third-order valence-electron chi connectivity index (χ3n) is 6.44. The van der Waals surface area contributed by atoms with Crippen LogP contribution in [0.25, 0.3) is 27.8 Å². The Balaban J connectivity index is 1.34. The Kier molecular flexibility index (Phi) is 4.65. The number of hydrogen-bond acceptors (Lipinski definition) is 6. The molecule has 1 aromatic carbocycles. The van der Waals surface area contributed by atoms with Crippen LogP contribution in [0.5, 0.6) is 0 Å². The van der Waals surface area contributed by atoms with Crippen LogP contribution in [0.3, 0.4) is 0 Å². The third-order valence-corrected chi connectivity index (χ3v) is 7.39. The number of aryl methyl sites for hydroxylation is 1. The molecule has 0 radical (unpaired) electrons. The van der Waals surface area contributed by atoms with Crippen LogP contribution in [0.4, 0.5) is 5.69 Å². The molecule has 4 aromatic heterocycles. The van der Waals surface area contributed by atoms with Gasteiger partial charge in [0.2, 0.25) is 0 Å². The third kappa shape index (κ3) is 3.64. The van der Waals surface area contributed by atoms with Gasteiger partial charge in [0.15, 0.2) is 10.8 Å². The average molecular weight is 456 g/mol. The van der Waals surface area contributed by atoms with Gasteiger partial charge in [-0.15, -0.1) is 10.2 Å². The lowest BCUT2D eigenvalue weighted by atomic mass is 10.0. The van der Waals surface area contributed by atoms with E-state index in [1.54, 1.807) is 11.8 Å². The number of anilines is 1. The molecule has 166 valence electrons. The molecule has 7 nitrogen and oxygen atoms in total. The largest absolute Gasteiger partial charge is 0.365 e. The fraction of sp³-hybridized carbons (Fsp3) is 0.280. The van der Waals surface area contributed by atoms with E-state index in [4.69, 9.17) is 4.98 Å². The molecule has 0 aliphatic carbocycles. The summed E-state index contributed by atoms with van der Waals surface area (Å²) in [6, 6.07) is 14.7. The maximum Gasteiger partial charge on any atom is 0.200 e. The monoisotopic (exact) mass is 455 g/mol. The lowest BCUT2D eigenvalue weighted by Crippen LogP contribution is -2.38. The minimum absolute atomic E-state index is 0.174. The first kappa shape index (κ1) is 20.2. The summed E-state index contributed by atoms with van der Waals surface area (Å²) in [5.41, 5.74) is 5.15. The number of hydrogen-bond donors (Lipinski definition) is 0. The molecular weight excluding hydrogens is 430 g/mol. The molecule has 1 fully saturated rings. The lowest BCUT2D eigenvalue weighted by molar-refractivity contribution is 0.518. The highest BCUT2D eigenvalue weighted by Gasteiger charge is 2.32. The van der Waals surface area contributed by atoms with Gasteiger partial charge in [0.1, 0.15) is 0 Å². The molecule has 8 heteroatoms. The molecule has 1 aliphatic heterocycles. The van der Waals surface area contributed by atoms with Gasteiger partial charge >= 0.3 is 0 Å². The second-order valence-electron chi connectivity index (χ2n) is 9.22. The highest BCUT2D eigenvalue weighted by Crippen LogP contribution is 2.35. The Morgan fingerprint density at radius 3 is 2.73 bits per heavy atom. The van der Waals surface area contributed by atoms with Crippen LogP contribution >= 0.6 is 11.8 Å². The predicted octanol–water partition coefficient (Wildman–Crippen LogP) is 5.21.